The van der Waals surface area contributed by atoms with E-state index in [0.717, 1.165) is 25.3 Å². The molecule has 1 rings (SSSR count). The van der Waals surface area contributed by atoms with Gasteiger partial charge in [-0.15, -0.1) is 0 Å². The lowest BCUT2D eigenvalue weighted by atomic mass is 10.1. The first-order valence-corrected chi connectivity index (χ1v) is 8.19. The maximum atomic E-state index is 13.5. The molecule has 0 heterocycles. The lowest BCUT2D eigenvalue weighted by Gasteiger charge is -2.15. The minimum absolute atomic E-state index is 0.00959. The van der Waals surface area contributed by atoms with Gasteiger partial charge < -0.3 is 9.47 Å². The molecule has 128 valence electrons. The molecule has 0 aromatic heterocycles. The monoisotopic (exact) mass is 344 g/mol. The molecule has 0 saturated heterocycles. The van der Waals surface area contributed by atoms with Crippen molar-refractivity contribution in [3.05, 3.63) is 29.0 Å². The second-order valence-electron chi connectivity index (χ2n) is 5.19. The van der Waals surface area contributed by atoms with Crippen molar-refractivity contribution in [2.75, 3.05) is 0 Å². The largest absolute Gasteiger partial charge is 0.462 e. The number of carbonyl (C=O) groups excluding carboxylic acids is 2. The third-order valence-corrected chi connectivity index (χ3v) is 3.56. The van der Waals surface area contributed by atoms with Crippen molar-refractivity contribution in [2.24, 2.45) is 0 Å². The zero-order chi connectivity index (χ0) is 17.2. The van der Waals surface area contributed by atoms with Crippen molar-refractivity contribution in [1.29, 1.82) is 0 Å². The van der Waals surface area contributed by atoms with E-state index in [1.807, 2.05) is 13.8 Å². The van der Waals surface area contributed by atoms with Crippen molar-refractivity contribution >= 4 is 23.5 Å². The van der Waals surface area contributed by atoms with Crippen LogP contribution in [0.2, 0.25) is 5.02 Å². The third kappa shape index (κ3) is 6.99. The van der Waals surface area contributed by atoms with Crippen molar-refractivity contribution in [1.82, 2.24) is 0 Å². The molecule has 1 unspecified atom stereocenters. The fraction of sp³-hybridized carbons (Fsp3) is 0.529. The maximum absolute atomic E-state index is 13.5. The Hall–Kier alpha value is -1.62. The molecule has 0 amide bonds. The first-order chi connectivity index (χ1) is 11.0. The molecule has 0 radical (unpaired) electrons. The molecule has 0 spiro atoms. The maximum Gasteiger partial charge on any atom is 0.311 e. The van der Waals surface area contributed by atoms with Crippen LogP contribution in [0, 0.1) is 5.82 Å². The SMILES string of the molecule is CCCC(CC)OC(=O)CCCC(=O)Oc1c(F)cccc1Cl. The van der Waals surface area contributed by atoms with Crippen LogP contribution in [-0.4, -0.2) is 18.0 Å². The van der Waals surface area contributed by atoms with E-state index < -0.39 is 11.8 Å². The van der Waals surface area contributed by atoms with E-state index in [9.17, 15) is 14.0 Å². The van der Waals surface area contributed by atoms with E-state index in [1.54, 1.807) is 0 Å². The Morgan fingerprint density at radius 2 is 1.91 bits per heavy atom. The molecule has 1 atom stereocenters. The molecule has 1 aromatic rings. The van der Waals surface area contributed by atoms with E-state index in [0.29, 0.717) is 0 Å². The van der Waals surface area contributed by atoms with Gasteiger partial charge in [-0.25, -0.2) is 4.39 Å². The van der Waals surface area contributed by atoms with Crippen LogP contribution >= 0.6 is 11.6 Å². The van der Waals surface area contributed by atoms with Crippen LogP contribution in [0.15, 0.2) is 18.2 Å². The summed E-state index contributed by atoms with van der Waals surface area (Å²) in [6.07, 6.45) is 2.87. The molecular weight excluding hydrogens is 323 g/mol. The molecule has 23 heavy (non-hydrogen) atoms. The fourth-order valence-electron chi connectivity index (χ4n) is 2.04. The second kappa shape index (κ2) is 10.2. The van der Waals surface area contributed by atoms with Gasteiger partial charge in [0, 0.05) is 12.8 Å². The Labute approximate surface area is 140 Å². The van der Waals surface area contributed by atoms with Gasteiger partial charge in [-0.1, -0.05) is 37.9 Å². The second-order valence-corrected chi connectivity index (χ2v) is 5.59. The molecule has 6 heteroatoms. The van der Waals surface area contributed by atoms with Crippen LogP contribution in [0.5, 0.6) is 5.75 Å². The average Bonchev–Trinajstić information content (AvgIpc) is 2.50. The van der Waals surface area contributed by atoms with Gasteiger partial charge in [-0.2, -0.15) is 0 Å². The molecule has 0 bridgehead atoms. The summed E-state index contributed by atoms with van der Waals surface area (Å²) in [5.74, 6) is -1.95. The summed E-state index contributed by atoms with van der Waals surface area (Å²) in [4.78, 5) is 23.4. The topological polar surface area (TPSA) is 52.6 Å². The highest BCUT2D eigenvalue weighted by Crippen LogP contribution is 2.27. The number of rotatable bonds is 9. The number of benzene rings is 1. The molecule has 0 aliphatic rings. The Kier molecular flexibility index (Phi) is 8.62. The minimum Gasteiger partial charge on any atom is -0.462 e. The van der Waals surface area contributed by atoms with E-state index in [4.69, 9.17) is 21.1 Å². The van der Waals surface area contributed by atoms with Crippen LogP contribution in [0.1, 0.15) is 52.4 Å². The molecule has 4 nitrogen and oxygen atoms in total. The predicted molar refractivity (Wildman–Crippen MR) is 86.0 cm³/mol. The standard InChI is InChI=1S/C17H22ClFO4/c1-3-7-12(4-2)22-15(20)10-6-11-16(21)23-17-13(18)8-5-9-14(17)19/h5,8-9,12H,3-4,6-7,10-11H2,1-2H3. The molecule has 0 fully saturated rings. The highest BCUT2D eigenvalue weighted by atomic mass is 35.5. The van der Waals surface area contributed by atoms with Crippen LogP contribution in [0.4, 0.5) is 4.39 Å². The van der Waals surface area contributed by atoms with E-state index in [-0.39, 0.29) is 42.1 Å². The Bertz CT molecular complexity index is 513. The van der Waals surface area contributed by atoms with Crippen LogP contribution in [0.3, 0.4) is 0 Å². The Balaban J connectivity index is 2.35. The number of para-hydroxylation sites is 1. The van der Waals surface area contributed by atoms with Gasteiger partial charge >= 0.3 is 11.9 Å². The summed E-state index contributed by atoms with van der Waals surface area (Å²) in [6.45, 7) is 3.99. The van der Waals surface area contributed by atoms with Crippen LogP contribution in [0.25, 0.3) is 0 Å². The van der Waals surface area contributed by atoms with Crippen molar-refractivity contribution in [3.8, 4) is 5.75 Å². The van der Waals surface area contributed by atoms with Gasteiger partial charge in [0.1, 0.15) is 6.10 Å². The Morgan fingerprint density at radius 3 is 2.52 bits per heavy atom. The van der Waals surface area contributed by atoms with Gasteiger partial charge in [-0.05, 0) is 31.4 Å². The lowest BCUT2D eigenvalue weighted by Crippen LogP contribution is -2.17. The van der Waals surface area contributed by atoms with Gasteiger partial charge in [0.15, 0.2) is 11.6 Å². The predicted octanol–water partition coefficient (Wildman–Crippen LogP) is 4.68. The van der Waals surface area contributed by atoms with E-state index >= 15 is 0 Å². The van der Waals surface area contributed by atoms with Gasteiger partial charge in [0.05, 0.1) is 5.02 Å². The number of ether oxygens (including phenoxy) is 2. The molecule has 0 N–H and O–H groups in total. The summed E-state index contributed by atoms with van der Waals surface area (Å²) < 4.78 is 23.7. The number of hydrogen-bond acceptors (Lipinski definition) is 4. The number of carbonyl (C=O) groups is 2. The van der Waals surface area contributed by atoms with Gasteiger partial charge in [0.2, 0.25) is 0 Å². The first kappa shape index (κ1) is 19.4. The highest BCUT2D eigenvalue weighted by molar-refractivity contribution is 6.32. The zero-order valence-electron chi connectivity index (χ0n) is 13.4. The third-order valence-electron chi connectivity index (χ3n) is 3.26. The van der Waals surface area contributed by atoms with E-state index in [2.05, 4.69) is 0 Å². The van der Waals surface area contributed by atoms with E-state index in [1.165, 1.54) is 12.1 Å². The molecule has 1 aromatic carbocycles. The summed E-state index contributed by atoms with van der Waals surface area (Å²) in [6, 6.07) is 4.01. The average molecular weight is 345 g/mol. The normalized spacial score (nSPS) is 11.8. The number of esters is 2. The van der Waals surface area contributed by atoms with Crippen molar-refractivity contribution in [2.45, 2.75) is 58.5 Å². The summed E-state index contributed by atoms with van der Waals surface area (Å²) in [7, 11) is 0. The number of halogens is 2. The Morgan fingerprint density at radius 1 is 1.22 bits per heavy atom. The fourth-order valence-corrected chi connectivity index (χ4v) is 2.24. The van der Waals surface area contributed by atoms with Crippen LogP contribution in [-0.2, 0) is 14.3 Å². The smallest absolute Gasteiger partial charge is 0.311 e. The quantitative estimate of drug-likeness (QED) is 0.482. The molecular formula is C17H22ClFO4. The first-order valence-electron chi connectivity index (χ1n) is 7.82. The van der Waals surface area contributed by atoms with Gasteiger partial charge in [0.25, 0.3) is 0 Å². The number of hydrogen-bond donors (Lipinski definition) is 0. The van der Waals surface area contributed by atoms with Crippen LogP contribution < -0.4 is 4.74 Å². The van der Waals surface area contributed by atoms with Crippen molar-refractivity contribution in [3.63, 3.8) is 0 Å². The molecule has 0 aliphatic carbocycles. The van der Waals surface area contributed by atoms with Crippen molar-refractivity contribution < 1.29 is 23.5 Å². The molecule has 0 aliphatic heterocycles. The molecule has 0 saturated carbocycles. The zero-order valence-corrected chi connectivity index (χ0v) is 14.2. The summed E-state index contributed by atoms with van der Waals surface area (Å²) >= 11 is 5.77. The summed E-state index contributed by atoms with van der Waals surface area (Å²) in [5, 5.41) is 0.0307. The van der Waals surface area contributed by atoms with Gasteiger partial charge in [-0.3, -0.25) is 9.59 Å². The highest BCUT2D eigenvalue weighted by Gasteiger charge is 2.15. The minimum atomic E-state index is -0.699. The summed E-state index contributed by atoms with van der Waals surface area (Å²) in [5.41, 5.74) is 0. The lowest BCUT2D eigenvalue weighted by molar-refractivity contribution is -0.149.